The molecule has 0 aliphatic heterocycles. The van der Waals surface area contributed by atoms with Gasteiger partial charge in [0.1, 0.15) is 0 Å². The summed E-state index contributed by atoms with van der Waals surface area (Å²) in [5.74, 6) is 0.258. The van der Waals surface area contributed by atoms with Gasteiger partial charge in [0.2, 0.25) is 0 Å². The molecule has 0 aromatic heterocycles. The van der Waals surface area contributed by atoms with E-state index in [1.165, 1.54) is 0 Å². The summed E-state index contributed by atoms with van der Waals surface area (Å²) in [6.45, 7) is 1.99. The number of hydrogen-bond acceptors (Lipinski definition) is 1. The van der Waals surface area contributed by atoms with Crippen LogP contribution in [0.15, 0.2) is 24.3 Å². The first-order valence-electron chi connectivity index (χ1n) is 4.43. The summed E-state index contributed by atoms with van der Waals surface area (Å²) in [4.78, 5) is 6.82. The molecule has 1 atom stereocenters. The van der Waals surface area contributed by atoms with Crippen LogP contribution in [-0.4, -0.2) is 27.1 Å². The summed E-state index contributed by atoms with van der Waals surface area (Å²) in [5.41, 5.74) is 0. The van der Waals surface area contributed by atoms with Gasteiger partial charge in [-0.25, -0.2) is 0 Å². The summed E-state index contributed by atoms with van der Waals surface area (Å²) < 4.78 is -0.446. The molecule has 0 bridgehead atoms. The quantitative estimate of drug-likeness (QED) is 0.766. The molecule has 0 heterocycles. The van der Waals surface area contributed by atoms with Crippen molar-refractivity contribution < 1.29 is 5.11 Å². The second kappa shape index (κ2) is 3.18. The average molecular weight is 273 g/mol. The van der Waals surface area contributed by atoms with Crippen LogP contribution in [0.3, 0.4) is 0 Å². The van der Waals surface area contributed by atoms with Gasteiger partial charge in [0, 0.05) is 0 Å². The van der Waals surface area contributed by atoms with Crippen molar-refractivity contribution in [2.45, 2.75) is 25.4 Å². The molecule has 2 heteroatoms. The van der Waals surface area contributed by atoms with Crippen LogP contribution in [0, 0.1) is 5.92 Å². The van der Waals surface area contributed by atoms with Crippen LogP contribution in [-0.2, 0) is 0 Å². The molecule has 1 rings (SSSR count). The molecule has 0 fully saturated rings. The van der Waals surface area contributed by atoms with Gasteiger partial charge in [0.15, 0.2) is 0 Å². The van der Waals surface area contributed by atoms with E-state index in [9.17, 15) is 5.11 Å². The SMILES string of the molecule is C[C](O)(C1C=CC=C1)[Sn]([CH3])([CH3])[CH3]. The average Bonchev–Trinajstić information content (AvgIpc) is 2.34. The molecule has 1 aliphatic carbocycles. The Hall–Kier alpha value is 0.239. The first-order valence-corrected chi connectivity index (χ1v) is 14.4. The molecule has 12 heavy (non-hydrogen) atoms. The van der Waals surface area contributed by atoms with Crippen molar-refractivity contribution in [3.63, 3.8) is 0 Å². The Morgan fingerprint density at radius 2 is 1.58 bits per heavy atom. The minimum atomic E-state index is -2.22. The first kappa shape index (κ1) is 10.3. The van der Waals surface area contributed by atoms with Crippen LogP contribution in [0.4, 0.5) is 0 Å². The van der Waals surface area contributed by atoms with Crippen molar-refractivity contribution in [3.05, 3.63) is 24.3 Å². The fraction of sp³-hybridized carbons (Fsp3) is 0.600. The van der Waals surface area contributed by atoms with Gasteiger partial charge in [-0.05, 0) is 0 Å². The van der Waals surface area contributed by atoms with Gasteiger partial charge in [-0.3, -0.25) is 0 Å². The number of allylic oxidation sites excluding steroid dienone is 2. The monoisotopic (exact) mass is 274 g/mol. The third kappa shape index (κ3) is 1.77. The van der Waals surface area contributed by atoms with Crippen LogP contribution in [0.5, 0.6) is 0 Å². The van der Waals surface area contributed by atoms with Crippen LogP contribution in [0.25, 0.3) is 0 Å². The molecular formula is C10H18OSn. The summed E-state index contributed by atoms with van der Waals surface area (Å²) in [6, 6.07) is 0. The zero-order chi connectivity index (χ0) is 9.41. The van der Waals surface area contributed by atoms with Crippen molar-refractivity contribution >= 4 is 18.4 Å². The first-order chi connectivity index (χ1) is 5.36. The molecule has 0 amide bonds. The Morgan fingerprint density at radius 3 is 1.92 bits per heavy atom. The molecular weight excluding hydrogens is 255 g/mol. The maximum atomic E-state index is 10.3. The summed E-state index contributed by atoms with van der Waals surface area (Å²) >= 11 is -2.22. The zero-order valence-electron chi connectivity index (χ0n) is 8.33. The van der Waals surface area contributed by atoms with Gasteiger partial charge in [0.05, 0.1) is 0 Å². The molecule has 1 aliphatic rings. The van der Waals surface area contributed by atoms with Crippen LogP contribution >= 0.6 is 0 Å². The molecule has 0 saturated heterocycles. The Kier molecular flexibility index (Phi) is 2.74. The van der Waals surface area contributed by atoms with E-state index in [0.717, 1.165) is 0 Å². The summed E-state index contributed by atoms with van der Waals surface area (Å²) in [5, 5.41) is 10.3. The van der Waals surface area contributed by atoms with Crippen LogP contribution in [0.1, 0.15) is 6.92 Å². The van der Waals surface area contributed by atoms with E-state index >= 15 is 0 Å². The Bertz CT molecular complexity index is 208. The van der Waals surface area contributed by atoms with Gasteiger partial charge in [-0.2, -0.15) is 0 Å². The van der Waals surface area contributed by atoms with Crippen molar-refractivity contribution in [2.75, 3.05) is 0 Å². The van der Waals surface area contributed by atoms with Crippen LogP contribution < -0.4 is 0 Å². The third-order valence-corrected chi connectivity index (χ3v) is 12.5. The molecule has 0 radical (unpaired) electrons. The molecule has 0 spiro atoms. The van der Waals surface area contributed by atoms with Crippen molar-refractivity contribution in [1.82, 2.24) is 0 Å². The Morgan fingerprint density at radius 1 is 1.17 bits per heavy atom. The molecule has 68 valence electrons. The predicted octanol–water partition coefficient (Wildman–Crippen LogP) is 2.36. The Labute approximate surface area is 79.1 Å². The number of hydrogen-bond donors (Lipinski definition) is 1. The van der Waals surface area contributed by atoms with E-state index in [4.69, 9.17) is 0 Å². The molecule has 0 saturated carbocycles. The topological polar surface area (TPSA) is 20.2 Å². The molecule has 1 unspecified atom stereocenters. The Balaban J connectivity index is 2.85. The predicted molar refractivity (Wildman–Crippen MR) is 55.7 cm³/mol. The van der Waals surface area contributed by atoms with Gasteiger partial charge in [-0.1, -0.05) is 0 Å². The van der Waals surface area contributed by atoms with Crippen molar-refractivity contribution in [2.24, 2.45) is 5.92 Å². The minimum absolute atomic E-state index is 0.258. The van der Waals surface area contributed by atoms with Crippen LogP contribution in [0.2, 0.25) is 14.8 Å². The van der Waals surface area contributed by atoms with E-state index in [-0.39, 0.29) is 5.92 Å². The fourth-order valence-electron chi connectivity index (χ4n) is 1.31. The van der Waals surface area contributed by atoms with E-state index in [1.807, 2.05) is 19.1 Å². The normalized spacial score (nSPS) is 23.1. The zero-order valence-corrected chi connectivity index (χ0v) is 11.2. The summed E-state index contributed by atoms with van der Waals surface area (Å²) in [6.07, 6.45) is 8.25. The standard InChI is InChI=1S/C7H9O.3CH3.Sn/c1-6(8)7-4-2-3-5-7;;;;/h2-5,7-8H,1H3;3*1H3;. The van der Waals surface area contributed by atoms with E-state index in [2.05, 4.69) is 27.0 Å². The molecule has 0 aromatic carbocycles. The maximum absolute atomic E-state index is 10.3. The van der Waals surface area contributed by atoms with Gasteiger partial charge in [0.25, 0.3) is 0 Å². The van der Waals surface area contributed by atoms with Gasteiger partial charge >= 0.3 is 79.1 Å². The second-order valence-electron chi connectivity index (χ2n) is 4.69. The second-order valence-corrected chi connectivity index (χ2v) is 20.4. The van der Waals surface area contributed by atoms with E-state index < -0.39 is 22.0 Å². The molecule has 0 aromatic rings. The number of aliphatic hydroxyl groups is 1. The number of rotatable bonds is 2. The van der Waals surface area contributed by atoms with Crippen molar-refractivity contribution in [3.8, 4) is 0 Å². The van der Waals surface area contributed by atoms with E-state index in [0.29, 0.717) is 0 Å². The fourth-order valence-corrected chi connectivity index (χ4v) is 4.71. The summed E-state index contributed by atoms with van der Waals surface area (Å²) in [7, 11) is 0. The molecule has 1 nitrogen and oxygen atoms in total. The molecule has 1 N–H and O–H groups in total. The van der Waals surface area contributed by atoms with Gasteiger partial charge < -0.3 is 0 Å². The van der Waals surface area contributed by atoms with Gasteiger partial charge in [-0.15, -0.1) is 0 Å². The van der Waals surface area contributed by atoms with E-state index in [1.54, 1.807) is 0 Å². The van der Waals surface area contributed by atoms with Crippen molar-refractivity contribution in [1.29, 1.82) is 0 Å². The third-order valence-electron chi connectivity index (χ3n) is 2.92.